The van der Waals surface area contributed by atoms with Crippen LogP contribution in [0.15, 0.2) is 12.7 Å². The van der Waals surface area contributed by atoms with Gasteiger partial charge in [0, 0.05) is 12.0 Å². The predicted octanol–water partition coefficient (Wildman–Crippen LogP) is 1.42. The van der Waals surface area contributed by atoms with Gasteiger partial charge in [-0.2, -0.15) is 0 Å². The second-order valence-corrected chi connectivity index (χ2v) is 6.84. The Balaban J connectivity index is 2.25. The van der Waals surface area contributed by atoms with Crippen molar-refractivity contribution in [1.29, 1.82) is 0 Å². The minimum atomic E-state index is -1.01. The fourth-order valence-electron chi connectivity index (χ4n) is 1.99. The van der Waals surface area contributed by atoms with E-state index in [0.29, 0.717) is 18.2 Å². The van der Waals surface area contributed by atoms with Crippen LogP contribution in [0.3, 0.4) is 0 Å². The molecule has 2 atom stereocenters. The zero-order valence-corrected chi connectivity index (χ0v) is 12.4. The highest BCUT2D eigenvalue weighted by Gasteiger charge is 2.43. The molecule has 7 heteroatoms. The number of β-amino-alcohol motifs (C(OH)–C–C–N with tert-alkyl or cyclic N) is 1. The van der Waals surface area contributed by atoms with E-state index in [4.69, 9.17) is 0 Å². The van der Waals surface area contributed by atoms with Crippen LogP contribution < -0.4 is 4.65 Å². The lowest BCUT2D eigenvalue weighted by Crippen LogP contribution is -2.48. The highest BCUT2D eigenvalue weighted by Crippen LogP contribution is 2.36. The monoisotopic (exact) mass is 284 g/mol. The zero-order chi connectivity index (χ0) is 14.3. The van der Waals surface area contributed by atoms with E-state index in [0.717, 1.165) is 5.01 Å². The van der Waals surface area contributed by atoms with Crippen molar-refractivity contribution in [3.8, 4) is 0 Å². The van der Waals surface area contributed by atoms with E-state index in [2.05, 4.69) is 16.8 Å². The third kappa shape index (κ3) is 2.70. The minimum absolute atomic E-state index is 0.138. The van der Waals surface area contributed by atoms with Crippen LogP contribution in [-0.2, 0) is 5.41 Å². The molecule has 19 heavy (non-hydrogen) atoms. The van der Waals surface area contributed by atoms with Gasteiger partial charge in [-0.1, -0.05) is 31.9 Å². The Labute approximate surface area is 117 Å². The summed E-state index contributed by atoms with van der Waals surface area (Å²) in [6.45, 7) is 10.8. The van der Waals surface area contributed by atoms with Gasteiger partial charge in [0.1, 0.15) is 11.7 Å². The van der Waals surface area contributed by atoms with Gasteiger partial charge in [-0.15, -0.1) is 11.7 Å². The maximum atomic E-state index is 12.8. The number of hydroxylamine groups is 2. The Bertz CT molecular complexity index is 471. The second-order valence-electron chi connectivity index (χ2n) is 5.88. The van der Waals surface area contributed by atoms with Crippen LogP contribution in [-0.4, -0.2) is 46.2 Å². The number of quaternary nitrogens is 1. The van der Waals surface area contributed by atoms with Crippen LogP contribution in [0.25, 0.3) is 0 Å². The molecule has 1 aliphatic rings. The lowest BCUT2D eigenvalue weighted by Gasteiger charge is -2.36. The topological polar surface area (TPSA) is 72.3 Å². The lowest BCUT2D eigenvalue weighted by molar-refractivity contribution is 0.0844. The molecular formula is C12H20N4O2S. The molecule has 1 aliphatic heterocycles. The number of aromatic nitrogens is 2. The molecule has 1 N–H and O–H groups in total. The molecule has 106 valence electrons. The largest absolute Gasteiger partial charge is 0.623 e. The molecule has 0 bridgehead atoms. The first-order valence-corrected chi connectivity index (χ1v) is 7.03. The Hall–Kier alpha value is -0.860. The SMILES string of the molecule is C=CCN1CC(O)[N+]([O-])(c2nnc(C(C)(C)C)s2)C1. The first-order valence-electron chi connectivity index (χ1n) is 6.22. The number of nitrogens with zero attached hydrogens (tertiary/aromatic N) is 4. The molecule has 1 aromatic rings. The fourth-order valence-corrected chi connectivity index (χ4v) is 2.96. The summed E-state index contributed by atoms with van der Waals surface area (Å²) in [6, 6.07) is 0. The number of hydrogen-bond acceptors (Lipinski definition) is 6. The van der Waals surface area contributed by atoms with Gasteiger partial charge in [0.25, 0.3) is 0 Å². The number of aliphatic hydroxyl groups excluding tert-OH is 1. The lowest BCUT2D eigenvalue weighted by atomic mass is 9.98. The van der Waals surface area contributed by atoms with Crippen molar-refractivity contribution in [2.45, 2.75) is 32.4 Å². The average Bonchev–Trinajstić information content (AvgIpc) is 2.86. The molecule has 2 heterocycles. The van der Waals surface area contributed by atoms with Gasteiger partial charge in [0.15, 0.2) is 0 Å². The van der Waals surface area contributed by atoms with Crippen molar-refractivity contribution < 1.29 is 5.11 Å². The molecule has 2 rings (SSSR count). The van der Waals surface area contributed by atoms with Gasteiger partial charge in [-0.25, -0.2) is 4.90 Å². The molecule has 0 amide bonds. The summed E-state index contributed by atoms with van der Waals surface area (Å²) < 4.78 is -0.832. The third-order valence-electron chi connectivity index (χ3n) is 3.08. The maximum absolute atomic E-state index is 12.8. The number of rotatable bonds is 3. The fraction of sp³-hybridized carbons (Fsp3) is 0.667. The van der Waals surface area contributed by atoms with Crippen molar-refractivity contribution in [3.63, 3.8) is 0 Å². The molecule has 0 aromatic carbocycles. The summed E-state index contributed by atoms with van der Waals surface area (Å²) in [4.78, 5) is 1.86. The zero-order valence-electron chi connectivity index (χ0n) is 11.5. The van der Waals surface area contributed by atoms with Crippen LogP contribution >= 0.6 is 11.3 Å². The molecule has 0 radical (unpaired) electrons. The Morgan fingerprint density at radius 3 is 2.79 bits per heavy atom. The average molecular weight is 284 g/mol. The first-order chi connectivity index (χ1) is 8.77. The van der Waals surface area contributed by atoms with Crippen molar-refractivity contribution in [3.05, 3.63) is 22.9 Å². The summed E-state index contributed by atoms with van der Waals surface area (Å²) in [6.07, 6.45) is 0.712. The summed E-state index contributed by atoms with van der Waals surface area (Å²) in [5.74, 6) is 0. The third-order valence-corrected chi connectivity index (χ3v) is 4.54. The quantitative estimate of drug-likeness (QED) is 0.516. The van der Waals surface area contributed by atoms with E-state index >= 15 is 0 Å². The minimum Gasteiger partial charge on any atom is -0.623 e. The van der Waals surface area contributed by atoms with E-state index in [1.165, 1.54) is 11.3 Å². The van der Waals surface area contributed by atoms with Crippen LogP contribution in [0.1, 0.15) is 25.8 Å². The molecule has 1 fully saturated rings. The molecule has 6 nitrogen and oxygen atoms in total. The van der Waals surface area contributed by atoms with E-state index in [1.807, 2.05) is 25.7 Å². The number of hydrogen-bond donors (Lipinski definition) is 1. The number of aliphatic hydroxyl groups is 1. The molecule has 0 spiro atoms. The molecule has 0 saturated carbocycles. The Morgan fingerprint density at radius 2 is 2.26 bits per heavy atom. The van der Waals surface area contributed by atoms with Gasteiger partial charge in [0.05, 0.1) is 6.54 Å². The van der Waals surface area contributed by atoms with Gasteiger partial charge < -0.3 is 10.3 Å². The van der Waals surface area contributed by atoms with E-state index < -0.39 is 10.9 Å². The van der Waals surface area contributed by atoms with Gasteiger partial charge in [-0.3, -0.25) is 4.65 Å². The summed E-state index contributed by atoms with van der Waals surface area (Å²) >= 11 is 1.28. The molecule has 0 aliphatic carbocycles. The van der Waals surface area contributed by atoms with E-state index in [-0.39, 0.29) is 12.1 Å². The van der Waals surface area contributed by atoms with Gasteiger partial charge >= 0.3 is 5.13 Å². The van der Waals surface area contributed by atoms with Crippen molar-refractivity contribution in [2.24, 2.45) is 0 Å². The molecular weight excluding hydrogens is 264 g/mol. The maximum Gasteiger partial charge on any atom is 0.309 e. The molecule has 1 aromatic heterocycles. The van der Waals surface area contributed by atoms with E-state index in [1.54, 1.807) is 6.08 Å². The molecule has 2 unspecified atom stereocenters. The van der Waals surface area contributed by atoms with Crippen LogP contribution in [0.5, 0.6) is 0 Å². The normalized spacial score (nSPS) is 28.8. The highest BCUT2D eigenvalue weighted by molar-refractivity contribution is 7.15. The van der Waals surface area contributed by atoms with Gasteiger partial charge in [-0.05, 0) is 11.3 Å². The summed E-state index contributed by atoms with van der Waals surface area (Å²) in [5, 5.41) is 32.0. The predicted molar refractivity (Wildman–Crippen MR) is 76.4 cm³/mol. The van der Waals surface area contributed by atoms with Crippen molar-refractivity contribution in [2.75, 3.05) is 19.8 Å². The van der Waals surface area contributed by atoms with Crippen LogP contribution in [0.2, 0.25) is 0 Å². The van der Waals surface area contributed by atoms with Crippen LogP contribution in [0, 0.1) is 5.21 Å². The van der Waals surface area contributed by atoms with Gasteiger partial charge in [0.2, 0.25) is 6.23 Å². The highest BCUT2D eigenvalue weighted by atomic mass is 32.1. The summed E-state index contributed by atoms with van der Waals surface area (Å²) in [5.41, 5.74) is -0.138. The van der Waals surface area contributed by atoms with E-state index in [9.17, 15) is 10.3 Å². The van der Waals surface area contributed by atoms with Crippen LogP contribution in [0.4, 0.5) is 5.13 Å². The smallest absolute Gasteiger partial charge is 0.309 e. The first kappa shape index (κ1) is 14.5. The van der Waals surface area contributed by atoms with Crippen molar-refractivity contribution >= 4 is 16.5 Å². The Morgan fingerprint density at radius 1 is 1.58 bits per heavy atom. The van der Waals surface area contributed by atoms with Crippen molar-refractivity contribution in [1.82, 2.24) is 19.7 Å². The summed E-state index contributed by atoms with van der Waals surface area (Å²) in [7, 11) is 0. The standard InChI is InChI=1S/C12H20N4O2S/c1-5-6-15-7-9(17)16(18,8-15)11-14-13-10(19-11)12(2,3)4/h5,9,17H,1,6-8H2,2-4H3. The second kappa shape index (κ2) is 4.92. The molecule has 1 saturated heterocycles. The Kier molecular flexibility index (Phi) is 3.76.